The lowest BCUT2D eigenvalue weighted by atomic mass is 10.1. The number of guanidine groups is 1. The van der Waals surface area contributed by atoms with Gasteiger partial charge < -0.3 is 15.6 Å². The molecule has 0 spiro atoms. The highest BCUT2D eigenvalue weighted by Crippen LogP contribution is 2.28. The summed E-state index contributed by atoms with van der Waals surface area (Å²) in [5.41, 5.74) is 4.02. The van der Waals surface area contributed by atoms with E-state index in [2.05, 4.69) is 60.8 Å². The van der Waals surface area contributed by atoms with E-state index in [1.165, 1.54) is 28.5 Å². The van der Waals surface area contributed by atoms with Crippen molar-refractivity contribution in [2.75, 3.05) is 13.1 Å². The molecule has 2 unspecified atom stereocenters. The third-order valence-corrected chi connectivity index (χ3v) is 4.70. The van der Waals surface area contributed by atoms with Gasteiger partial charge in [0.2, 0.25) is 0 Å². The highest BCUT2D eigenvalue weighted by molar-refractivity contribution is 14.0. The van der Waals surface area contributed by atoms with Gasteiger partial charge in [0.15, 0.2) is 5.96 Å². The number of aromatic nitrogens is 1. The minimum atomic E-state index is 0. The van der Waals surface area contributed by atoms with Gasteiger partial charge in [0.1, 0.15) is 0 Å². The van der Waals surface area contributed by atoms with Crippen molar-refractivity contribution in [2.45, 2.75) is 46.1 Å². The molecule has 132 valence electrons. The van der Waals surface area contributed by atoms with Crippen molar-refractivity contribution in [3.63, 3.8) is 0 Å². The molecule has 1 heterocycles. The Balaban J connectivity index is 0.00000208. The van der Waals surface area contributed by atoms with E-state index >= 15 is 0 Å². The number of hydrogen-bond acceptors (Lipinski definition) is 1. The molecule has 1 saturated carbocycles. The van der Waals surface area contributed by atoms with Gasteiger partial charge in [0, 0.05) is 36.2 Å². The lowest BCUT2D eigenvalue weighted by Gasteiger charge is -2.10. The number of nitrogens with zero attached hydrogens (tertiary/aromatic N) is 1. The normalized spacial score (nSPS) is 19.9. The summed E-state index contributed by atoms with van der Waals surface area (Å²) < 4.78 is 0. The smallest absolute Gasteiger partial charge is 0.191 e. The first-order chi connectivity index (χ1) is 11.2. The third-order valence-electron chi connectivity index (χ3n) is 4.70. The Hall–Kier alpha value is -1.24. The summed E-state index contributed by atoms with van der Waals surface area (Å²) in [7, 11) is 0. The Labute approximate surface area is 161 Å². The summed E-state index contributed by atoms with van der Waals surface area (Å²) in [6, 6.07) is 7.17. The number of benzene rings is 1. The number of para-hydroxylation sites is 1. The van der Waals surface area contributed by atoms with Gasteiger partial charge in [-0.05, 0) is 43.2 Å². The Morgan fingerprint density at radius 1 is 1.29 bits per heavy atom. The predicted molar refractivity (Wildman–Crippen MR) is 113 cm³/mol. The second-order valence-electron chi connectivity index (χ2n) is 6.48. The van der Waals surface area contributed by atoms with Gasteiger partial charge in [-0.15, -0.1) is 24.0 Å². The molecule has 2 atom stereocenters. The number of nitrogens with one attached hydrogen (secondary N) is 3. The van der Waals surface area contributed by atoms with E-state index in [9.17, 15) is 0 Å². The maximum Gasteiger partial charge on any atom is 0.191 e. The summed E-state index contributed by atoms with van der Waals surface area (Å²) in [6.45, 7) is 8.30. The van der Waals surface area contributed by atoms with Crippen LogP contribution in [0.1, 0.15) is 38.3 Å². The van der Waals surface area contributed by atoms with Crippen LogP contribution < -0.4 is 10.6 Å². The van der Waals surface area contributed by atoms with Crippen LogP contribution in [0.4, 0.5) is 0 Å². The monoisotopic (exact) mass is 440 g/mol. The van der Waals surface area contributed by atoms with Crippen molar-refractivity contribution < 1.29 is 0 Å². The van der Waals surface area contributed by atoms with Crippen molar-refractivity contribution in [1.82, 2.24) is 15.6 Å². The van der Waals surface area contributed by atoms with Crippen molar-refractivity contribution >= 4 is 40.8 Å². The molecule has 2 aromatic rings. The summed E-state index contributed by atoms with van der Waals surface area (Å²) in [6.07, 6.45) is 5.42. The van der Waals surface area contributed by atoms with Gasteiger partial charge >= 0.3 is 0 Å². The number of halogens is 1. The van der Waals surface area contributed by atoms with Crippen LogP contribution in [0, 0.1) is 5.92 Å². The van der Waals surface area contributed by atoms with Crippen LogP contribution in [0.25, 0.3) is 10.9 Å². The van der Waals surface area contributed by atoms with Crippen LogP contribution in [0.5, 0.6) is 0 Å². The lowest BCUT2D eigenvalue weighted by Crippen LogP contribution is -2.39. The lowest BCUT2D eigenvalue weighted by molar-refractivity contribution is 0.765. The molecule has 24 heavy (non-hydrogen) atoms. The van der Waals surface area contributed by atoms with Gasteiger partial charge in [-0.3, -0.25) is 4.99 Å². The zero-order valence-electron chi connectivity index (χ0n) is 14.9. The molecule has 4 nitrogen and oxygen atoms in total. The zero-order valence-corrected chi connectivity index (χ0v) is 17.2. The van der Waals surface area contributed by atoms with E-state index in [0.717, 1.165) is 37.8 Å². The van der Waals surface area contributed by atoms with Crippen LogP contribution in [0.15, 0.2) is 29.4 Å². The second kappa shape index (κ2) is 8.74. The Bertz CT molecular complexity index is 692. The maximum absolute atomic E-state index is 4.73. The second-order valence-corrected chi connectivity index (χ2v) is 6.48. The molecular weight excluding hydrogens is 411 g/mol. The summed E-state index contributed by atoms with van der Waals surface area (Å²) in [4.78, 5) is 8.17. The average molecular weight is 440 g/mol. The van der Waals surface area contributed by atoms with Crippen molar-refractivity contribution in [3.8, 4) is 0 Å². The number of aliphatic imine (C=N–C) groups is 1. The summed E-state index contributed by atoms with van der Waals surface area (Å²) in [5.74, 6) is 1.73. The molecule has 0 amide bonds. The molecule has 0 saturated heterocycles. The fraction of sp³-hybridized carbons (Fsp3) is 0.526. The van der Waals surface area contributed by atoms with E-state index in [4.69, 9.17) is 4.99 Å². The van der Waals surface area contributed by atoms with E-state index in [1.54, 1.807) is 0 Å². The minimum absolute atomic E-state index is 0. The van der Waals surface area contributed by atoms with E-state index in [1.807, 2.05) is 0 Å². The molecule has 3 rings (SSSR count). The predicted octanol–water partition coefficient (Wildman–Crippen LogP) is 3.85. The highest BCUT2D eigenvalue weighted by atomic mass is 127. The molecule has 0 bridgehead atoms. The molecule has 1 aromatic carbocycles. The number of hydrogen-bond donors (Lipinski definition) is 3. The van der Waals surface area contributed by atoms with Crippen LogP contribution in [0.2, 0.25) is 0 Å². The number of H-pyrrole nitrogens is 1. The number of fused-ring (bicyclic) bond motifs is 1. The van der Waals surface area contributed by atoms with Gasteiger partial charge in [-0.2, -0.15) is 0 Å². The molecule has 5 heteroatoms. The molecular formula is C19H29IN4. The molecule has 1 aliphatic rings. The number of aryl methyl sites for hydroxylation is 1. The van der Waals surface area contributed by atoms with Crippen LogP contribution in [-0.2, 0) is 12.8 Å². The summed E-state index contributed by atoms with van der Waals surface area (Å²) in [5, 5.41) is 8.19. The Morgan fingerprint density at radius 3 is 2.75 bits per heavy atom. The van der Waals surface area contributed by atoms with Crippen LogP contribution >= 0.6 is 24.0 Å². The minimum Gasteiger partial charge on any atom is -0.361 e. The van der Waals surface area contributed by atoms with Crippen LogP contribution in [-0.4, -0.2) is 30.1 Å². The quantitative estimate of drug-likeness (QED) is 0.363. The molecule has 1 aromatic heterocycles. The Morgan fingerprint density at radius 2 is 2.08 bits per heavy atom. The largest absolute Gasteiger partial charge is 0.361 e. The van der Waals surface area contributed by atoms with Crippen molar-refractivity contribution in [3.05, 3.63) is 35.5 Å². The molecule has 0 aliphatic heterocycles. The molecule has 1 fully saturated rings. The first-order valence-corrected chi connectivity index (χ1v) is 8.85. The third kappa shape index (κ3) is 4.43. The van der Waals surface area contributed by atoms with Gasteiger partial charge in [0.25, 0.3) is 0 Å². The van der Waals surface area contributed by atoms with E-state index in [0.29, 0.717) is 6.04 Å². The maximum atomic E-state index is 4.73. The van der Waals surface area contributed by atoms with Gasteiger partial charge in [-0.1, -0.05) is 32.0 Å². The molecule has 1 aliphatic carbocycles. The van der Waals surface area contributed by atoms with Gasteiger partial charge in [0.05, 0.1) is 0 Å². The average Bonchev–Trinajstić information content (AvgIpc) is 3.08. The van der Waals surface area contributed by atoms with Gasteiger partial charge in [-0.25, -0.2) is 0 Å². The molecule has 3 N–H and O–H groups in total. The fourth-order valence-corrected chi connectivity index (χ4v) is 3.08. The fourth-order valence-electron chi connectivity index (χ4n) is 3.08. The topological polar surface area (TPSA) is 52.2 Å². The van der Waals surface area contributed by atoms with Crippen molar-refractivity contribution in [2.24, 2.45) is 10.9 Å². The van der Waals surface area contributed by atoms with E-state index < -0.39 is 0 Å². The van der Waals surface area contributed by atoms with E-state index in [-0.39, 0.29) is 24.0 Å². The molecule has 0 radical (unpaired) electrons. The first-order valence-electron chi connectivity index (χ1n) is 8.85. The highest BCUT2D eigenvalue weighted by Gasteiger charge is 2.33. The Kier molecular flexibility index (Phi) is 6.95. The SMILES string of the molecule is CCNC(=NCCc1c[nH]c2c(CC)cccc12)NC1CC1C.I. The van der Waals surface area contributed by atoms with Crippen LogP contribution in [0.3, 0.4) is 0 Å². The standard InChI is InChI=1S/C19H28N4.HI/c1-4-14-7-6-8-16-15(12-22-18(14)16)9-10-21-19(20-5-2)23-17-11-13(17)3;/h6-8,12-13,17,22H,4-5,9-11H2,1-3H3,(H2,20,21,23);1H. The van der Waals surface area contributed by atoms with Crippen molar-refractivity contribution in [1.29, 1.82) is 0 Å². The summed E-state index contributed by atoms with van der Waals surface area (Å²) >= 11 is 0. The number of aromatic amines is 1. The number of rotatable bonds is 6. The first kappa shape index (κ1) is 19.1. The zero-order chi connectivity index (χ0) is 16.2.